The summed E-state index contributed by atoms with van der Waals surface area (Å²) in [4.78, 5) is 25.0. The predicted molar refractivity (Wildman–Crippen MR) is 105 cm³/mol. The molecular weight excluding hydrogens is 338 g/mol. The molecule has 1 N–H and O–H groups in total. The van der Waals surface area contributed by atoms with Crippen molar-refractivity contribution in [3.05, 3.63) is 71.3 Å². The first kappa shape index (κ1) is 19.2. The zero-order chi connectivity index (χ0) is 19.1. The van der Waals surface area contributed by atoms with Crippen LogP contribution in [0.4, 0.5) is 0 Å². The molecule has 4 heteroatoms. The molecule has 0 saturated heterocycles. The predicted octanol–water partition coefficient (Wildman–Crippen LogP) is 4.13. The van der Waals surface area contributed by atoms with E-state index >= 15 is 0 Å². The Balaban J connectivity index is 1.62. The first-order valence-electron chi connectivity index (χ1n) is 9.78. The molecule has 1 atom stereocenters. The van der Waals surface area contributed by atoms with Gasteiger partial charge in [-0.2, -0.15) is 0 Å². The Kier molecular flexibility index (Phi) is 6.64. The maximum atomic E-state index is 12.5. The van der Waals surface area contributed by atoms with E-state index in [1.54, 1.807) is 0 Å². The summed E-state index contributed by atoms with van der Waals surface area (Å²) < 4.78 is 5.58. The SMILES string of the molecule is CCCCc1ccc(CC(=O)O[C@H](C(=O)NC2CC2)c2ccccc2)cc1. The van der Waals surface area contributed by atoms with Crippen LogP contribution in [0.25, 0.3) is 0 Å². The summed E-state index contributed by atoms with van der Waals surface area (Å²) >= 11 is 0. The molecule has 0 aromatic heterocycles. The average molecular weight is 365 g/mol. The Morgan fingerprint density at radius 2 is 1.70 bits per heavy atom. The van der Waals surface area contributed by atoms with Crippen molar-refractivity contribution in [1.29, 1.82) is 0 Å². The number of rotatable bonds is 9. The summed E-state index contributed by atoms with van der Waals surface area (Å²) in [5.41, 5.74) is 2.87. The molecule has 1 amide bonds. The van der Waals surface area contributed by atoms with Crippen molar-refractivity contribution in [3.8, 4) is 0 Å². The first-order chi connectivity index (χ1) is 13.2. The largest absolute Gasteiger partial charge is 0.447 e. The van der Waals surface area contributed by atoms with Gasteiger partial charge >= 0.3 is 5.97 Å². The molecule has 2 aromatic carbocycles. The lowest BCUT2D eigenvalue weighted by atomic mass is 10.0. The molecule has 0 unspecified atom stereocenters. The second kappa shape index (κ2) is 9.36. The molecule has 1 aliphatic carbocycles. The van der Waals surface area contributed by atoms with E-state index < -0.39 is 12.1 Å². The summed E-state index contributed by atoms with van der Waals surface area (Å²) in [6, 6.07) is 17.5. The van der Waals surface area contributed by atoms with Gasteiger partial charge in [-0.3, -0.25) is 9.59 Å². The maximum absolute atomic E-state index is 12.5. The van der Waals surface area contributed by atoms with Crippen molar-refractivity contribution >= 4 is 11.9 Å². The second-order valence-corrected chi connectivity index (χ2v) is 7.16. The number of unbranched alkanes of at least 4 members (excludes halogenated alkanes) is 1. The average Bonchev–Trinajstić information content (AvgIpc) is 3.50. The number of benzene rings is 2. The van der Waals surface area contributed by atoms with E-state index in [4.69, 9.17) is 4.74 Å². The molecule has 1 saturated carbocycles. The van der Waals surface area contributed by atoms with E-state index in [9.17, 15) is 9.59 Å². The molecule has 1 aliphatic rings. The van der Waals surface area contributed by atoms with Gasteiger partial charge in [0.05, 0.1) is 6.42 Å². The Hall–Kier alpha value is -2.62. The standard InChI is InChI=1S/C23H27NO3/c1-2-3-7-17-10-12-18(13-11-17)16-21(25)27-22(19-8-5-4-6-9-19)23(26)24-20-14-15-20/h4-6,8-13,20,22H,2-3,7,14-16H2,1H3,(H,24,26)/t22-/m0/s1. The van der Waals surface area contributed by atoms with Crippen molar-refractivity contribution in [2.45, 2.75) is 57.6 Å². The Labute approximate surface area is 160 Å². The van der Waals surface area contributed by atoms with E-state index in [0.29, 0.717) is 5.56 Å². The minimum Gasteiger partial charge on any atom is -0.447 e. The number of ether oxygens (including phenoxy) is 1. The molecule has 1 fully saturated rings. The van der Waals surface area contributed by atoms with Crippen LogP contribution in [-0.4, -0.2) is 17.9 Å². The van der Waals surface area contributed by atoms with Gasteiger partial charge in [-0.15, -0.1) is 0 Å². The summed E-state index contributed by atoms with van der Waals surface area (Å²) in [7, 11) is 0. The molecular formula is C23H27NO3. The van der Waals surface area contributed by atoms with Crippen LogP contribution in [0, 0.1) is 0 Å². The van der Waals surface area contributed by atoms with Crippen molar-refractivity contribution in [1.82, 2.24) is 5.32 Å². The van der Waals surface area contributed by atoms with E-state index in [-0.39, 0.29) is 18.4 Å². The lowest BCUT2D eigenvalue weighted by molar-refractivity contribution is -0.156. The zero-order valence-corrected chi connectivity index (χ0v) is 15.8. The highest BCUT2D eigenvalue weighted by Crippen LogP contribution is 2.23. The Bertz CT molecular complexity index is 751. The van der Waals surface area contributed by atoms with Crippen molar-refractivity contribution in [2.75, 3.05) is 0 Å². The van der Waals surface area contributed by atoms with Crippen LogP contribution in [0.3, 0.4) is 0 Å². The summed E-state index contributed by atoms with van der Waals surface area (Å²) in [5, 5.41) is 2.93. The molecule has 0 heterocycles. The van der Waals surface area contributed by atoms with Crippen LogP contribution in [-0.2, 0) is 27.2 Å². The van der Waals surface area contributed by atoms with Crippen molar-refractivity contribution in [3.63, 3.8) is 0 Å². The number of carbonyl (C=O) groups is 2. The molecule has 0 aliphatic heterocycles. The third-order valence-electron chi connectivity index (χ3n) is 4.70. The van der Waals surface area contributed by atoms with Crippen molar-refractivity contribution < 1.29 is 14.3 Å². The summed E-state index contributed by atoms with van der Waals surface area (Å²) in [5.74, 6) is -0.636. The molecule has 2 aromatic rings. The van der Waals surface area contributed by atoms with Gasteiger partial charge in [0, 0.05) is 11.6 Å². The third kappa shape index (κ3) is 5.95. The van der Waals surface area contributed by atoms with Crippen LogP contribution in [0.5, 0.6) is 0 Å². The number of carbonyl (C=O) groups excluding carboxylic acids is 2. The number of esters is 1. The van der Waals surface area contributed by atoms with Gasteiger partial charge in [0.2, 0.25) is 6.10 Å². The van der Waals surface area contributed by atoms with E-state index in [1.807, 2.05) is 42.5 Å². The highest BCUT2D eigenvalue weighted by molar-refractivity contribution is 5.85. The fourth-order valence-electron chi connectivity index (χ4n) is 2.95. The molecule has 0 spiro atoms. The van der Waals surface area contributed by atoms with Gasteiger partial charge in [0.25, 0.3) is 5.91 Å². The van der Waals surface area contributed by atoms with E-state index in [0.717, 1.165) is 37.7 Å². The zero-order valence-electron chi connectivity index (χ0n) is 15.8. The van der Waals surface area contributed by atoms with Gasteiger partial charge in [-0.05, 0) is 36.8 Å². The maximum Gasteiger partial charge on any atom is 0.311 e. The molecule has 27 heavy (non-hydrogen) atoms. The van der Waals surface area contributed by atoms with Gasteiger partial charge in [-0.1, -0.05) is 67.9 Å². The monoisotopic (exact) mass is 365 g/mol. The first-order valence-corrected chi connectivity index (χ1v) is 9.78. The smallest absolute Gasteiger partial charge is 0.311 e. The molecule has 0 bridgehead atoms. The van der Waals surface area contributed by atoms with Gasteiger partial charge in [-0.25, -0.2) is 0 Å². The van der Waals surface area contributed by atoms with Crippen LogP contribution >= 0.6 is 0 Å². The number of amides is 1. The molecule has 142 valence electrons. The fourth-order valence-corrected chi connectivity index (χ4v) is 2.95. The van der Waals surface area contributed by atoms with Gasteiger partial charge < -0.3 is 10.1 Å². The van der Waals surface area contributed by atoms with Crippen LogP contribution < -0.4 is 5.32 Å². The number of hydrogen-bond acceptors (Lipinski definition) is 3. The van der Waals surface area contributed by atoms with E-state index in [2.05, 4.69) is 24.4 Å². The molecule has 3 rings (SSSR count). The molecule has 0 radical (unpaired) electrons. The topological polar surface area (TPSA) is 55.4 Å². The fraction of sp³-hybridized carbons (Fsp3) is 0.391. The van der Waals surface area contributed by atoms with Crippen LogP contribution in [0.15, 0.2) is 54.6 Å². The number of aryl methyl sites for hydroxylation is 1. The van der Waals surface area contributed by atoms with Crippen molar-refractivity contribution in [2.24, 2.45) is 0 Å². The lowest BCUT2D eigenvalue weighted by Crippen LogP contribution is -2.33. The van der Waals surface area contributed by atoms with Gasteiger partial charge in [0.1, 0.15) is 0 Å². The van der Waals surface area contributed by atoms with Crippen LogP contribution in [0.1, 0.15) is 55.4 Å². The lowest BCUT2D eigenvalue weighted by Gasteiger charge is -2.18. The van der Waals surface area contributed by atoms with E-state index in [1.165, 1.54) is 5.56 Å². The minimum atomic E-state index is -0.900. The highest BCUT2D eigenvalue weighted by atomic mass is 16.5. The minimum absolute atomic E-state index is 0.161. The Morgan fingerprint density at radius 1 is 1.04 bits per heavy atom. The highest BCUT2D eigenvalue weighted by Gasteiger charge is 2.30. The summed E-state index contributed by atoms with van der Waals surface area (Å²) in [6.45, 7) is 2.17. The summed E-state index contributed by atoms with van der Waals surface area (Å²) in [6.07, 6.45) is 4.63. The quantitative estimate of drug-likeness (QED) is 0.680. The Morgan fingerprint density at radius 3 is 2.33 bits per heavy atom. The normalized spacial score (nSPS) is 14.4. The van der Waals surface area contributed by atoms with Gasteiger partial charge in [0.15, 0.2) is 0 Å². The molecule has 4 nitrogen and oxygen atoms in total. The van der Waals surface area contributed by atoms with Crippen LogP contribution in [0.2, 0.25) is 0 Å². The number of hydrogen-bond donors (Lipinski definition) is 1. The number of nitrogens with one attached hydrogen (secondary N) is 1. The third-order valence-corrected chi connectivity index (χ3v) is 4.70. The second-order valence-electron chi connectivity index (χ2n) is 7.16.